The predicted octanol–water partition coefficient (Wildman–Crippen LogP) is 4.55. The Kier molecular flexibility index (Phi) is 8.16. The predicted molar refractivity (Wildman–Crippen MR) is 131 cm³/mol. The Labute approximate surface area is 197 Å². The van der Waals surface area contributed by atoms with Crippen LogP contribution in [0.2, 0.25) is 0 Å². The molecule has 2 unspecified atom stereocenters. The van der Waals surface area contributed by atoms with Crippen molar-refractivity contribution < 1.29 is 14.3 Å². The lowest BCUT2D eigenvalue weighted by Crippen LogP contribution is -2.38. The van der Waals surface area contributed by atoms with E-state index >= 15 is 0 Å². The maximum absolute atomic E-state index is 13.4. The molecule has 0 radical (unpaired) electrons. The number of hydrogen-bond donors (Lipinski definition) is 0. The second kappa shape index (κ2) is 11.5. The minimum absolute atomic E-state index is 0.152. The van der Waals surface area contributed by atoms with E-state index in [0.717, 1.165) is 50.0 Å². The SMILES string of the molecule is CCCN1CCN(C(=O)CCC2CCCO2)CC(Cc2cccc(-c3ccccc3)c2)C1=O. The summed E-state index contributed by atoms with van der Waals surface area (Å²) in [6.45, 7) is 5.40. The third-order valence-electron chi connectivity index (χ3n) is 6.81. The molecule has 176 valence electrons. The highest BCUT2D eigenvalue weighted by atomic mass is 16.5. The van der Waals surface area contributed by atoms with E-state index in [0.29, 0.717) is 32.5 Å². The topological polar surface area (TPSA) is 49.9 Å². The Morgan fingerprint density at radius 2 is 1.88 bits per heavy atom. The first-order valence-electron chi connectivity index (χ1n) is 12.5. The molecule has 2 aliphatic rings. The van der Waals surface area contributed by atoms with E-state index in [-0.39, 0.29) is 23.8 Å². The summed E-state index contributed by atoms with van der Waals surface area (Å²) in [7, 11) is 0. The molecule has 0 aliphatic carbocycles. The number of amides is 2. The van der Waals surface area contributed by atoms with Crippen molar-refractivity contribution >= 4 is 11.8 Å². The second-order valence-corrected chi connectivity index (χ2v) is 9.31. The largest absolute Gasteiger partial charge is 0.378 e. The summed E-state index contributed by atoms with van der Waals surface area (Å²) in [6, 6.07) is 18.8. The first kappa shape index (κ1) is 23.5. The van der Waals surface area contributed by atoms with E-state index in [1.807, 2.05) is 28.0 Å². The number of benzene rings is 2. The zero-order valence-electron chi connectivity index (χ0n) is 19.7. The fraction of sp³-hybridized carbons (Fsp3) is 0.500. The van der Waals surface area contributed by atoms with E-state index in [1.165, 1.54) is 5.56 Å². The van der Waals surface area contributed by atoms with Crippen molar-refractivity contribution in [1.82, 2.24) is 9.80 Å². The summed E-state index contributed by atoms with van der Waals surface area (Å²) in [5, 5.41) is 0. The van der Waals surface area contributed by atoms with Crippen LogP contribution in [-0.4, -0.2) is 60.5 Å². The number of carbonyl (C=O) groups is 2. The molecule has 2 aliphatic heterocycles. The van der Waals surface area contributed by atoms with Crippen LogP contribution >= 0.6 is 0 Å². The molecule has 0 N–H and O–H groups in total. The molecule has 0 saturated carbocycles. The van der Waals surface area contributed by atoms with E-state index in [9.17, 15) is 9.59 Å². The molecule has 5 heteroatoms. The summed E-state index contributed by atoms with van der Waals surface area (Å²) in [4.78, 5) is 30.3. The number of hydrogen-bond acceptors (Lipinski definition) is 3. The molecule has 2 heterocycles. The quantitative estimate of drug-likeness (QED) is 0.595. The van der Waals surface area contributed by atoms with Gasteiger partial charge in [-0.3, -0.25) is 9.59 Å². The average molecular weight is 449 g/mol. The molecule has 4 rings (SSSR count). The zero-order chi connectivity index (χ0) is 23.0. The van der Waals surface area contributed by atoms with Crippen molar-refractivity contribution in [2.45, 2.75) is 51.6 Å². The molecule has 0 aromatic heterocycles. The zero-order valence-corrected chi connectivity index (χ0v) is 19.7. The molecule has 2 saturated heterocycles. The van der Waals surface area contributed by atoms with Gasteiger partial charge in [0.2, 0.25) is 11.8 Å². The lowest BCUT2D eigenvalue weighted by Gasteiger charge is -2.24. The van der Waals surface area contributed by atoms with Crippen LogP contribution < -0.4 is 0 Å². The van der Waals surface area contributed by atoms with Gasteiger partial charge in [-0.1, -0.05) is 61.5 Å². The molecule has 2 aromatic carbocycles. The fourth-order valence-corrected chi connectivity index (χ4v) is 5.02. The molecule has 2 aromatic rings. The van der Waals surface area contributed by atoms with Crippen LogP contribution in [0.4, 0.5) is 0 Å². The van der Waals surface area contributed by atoms with Crippen molar-refractivity contribution in [1.29, 1.82) is 0 Å². The van der Waals surface area contributed by atoms with E-state index in [2.05, 4.69) is 43.3 Å². The molecule has 0 bridgehead atoms. The number of ether oxygens (including phenoxy) is 1. The third-order valence-corrected chi connectivity index (χ3v) is 6.81. The smallest absolute Gasteiger partial charge is 0.227 e. The summed E-state index contributed by atoms with van der Waals surface area (Å²) in [5.74, 6) is 0.118. The Bertz CT molecular complexity index is 924. The highest BCUT2D eigenvalue weighted by molar-refractivity contribution is 5.82. The van der Waals surface area contributed by atoms with Crippen molar-refractivity contribution in [2.75, 3.05) is 32.8 Å². The minimum Gasteiger partial charge on any atom is -0.378 e. The van der Waals surface area contributed by atoms with Crippen molar-refractivity contribution in [2.24, 2.45) is 5.92 Å². The molecule has 0 spiro atoms. The van der Waals surface area contributed by atoms with Crippen LogP contribution in [0, 0.1) is 5.92 Å². The van der Waals surface area contributed by atoms with Gasteiger partial charge >= 0.3 is 0 Å². The molecule has 5 nitrogen and oxygen atoms in total. The Hall–Kier alpha value is -2.66. The minimum atomic E-state index is -0.211. The molecule has 2 fully saturated rings. The molecule has 33 heavy (non-hydrogen) atoms. The lowest BCUT2D eigenvalue weighted by molar-refractivity contribution is -0.135. The highest BCUT2D eigenvalue weighted by Gasteiger charge is 2.32. The molecule has 2 amide bonds. The van der Waals surface area contributed by atoms with E-state index in [1.54, 1.807) is 0 Å². The van der Waals surface area contributed by atoms with Gasteiger partial charge < -0.3 is 14.5 Å². The summed E-state index contributed by atoms with van der Waals surface area (Å²) in [5.41, 5.74) is 3.47. The lowest BCUT2D eigenvalue weighted by atomic mass is 9.94. The standard InChI is InChI=1S/C28H36N2O3/c1-2-15-29-16-17-30(27(31)14-13-26-12-7-18-33-26)21-25(28(29)32)20-22-8-6-11-24(19-22)23-9-4-3-5-10-23/h3-6,8-11,19,25-26H,2,7,12-18,20-21H2,1H3. The normalized spacial score (nSPS) is 21.3. The first-order valence-corrected chi connectivity index (χ1v) is 12.5. The van der Waals surface area contributed by atoms with Crippen LogP contribution in [0.15, 0.2) is 54.6 Å². The Morgan fingerprint density at radius 1 is 1.06 bits per heavy atom. The molecular formula is C28H36N2O3. The number of nitrogens with zero attached hydrogens (tertiary/aromatic N) is 2. The van der Waals surface area contributed by atoms with Crippen LogP contribution in [0.5, 0.6) is 0 Å². The molecule has 2 atom stereocenters. The van der Waals surface area contributed by atoms with Crippen LogP contribution in [0.3, 0.4) is 0 Å². The summed E-state index contributed by atoms with van der Waals surface area (Å²) in [6.07, 6.45) is 5.22. The van der Waals surface area contributed by atoms with Gasteiger partial charge in [0.1, 0.15) is 0 Å². The van der Waals surface area contributed by atoms with E-state index < -0.39 is 0 Å². The summed E-state index contributed by atoms with van der Waals surface area (Å²) >= 11 is 0. The van der Waals surface area contributed by atoms with Crippen molar-refractivity contribution in [3.05, 3.63) is 60.2 Å². The number of rotatable bonds is 8. The van der Waals surface area contributed by atoms with Crippen molar-refractivity contribution in [3.63, 3.8) is 0 Å². The van der Waals surface area contributed by atoms with Gasteiger partial charge in [-0.15, -0.1) is 0 Å². The highest BCUT2D eigenvalue weighted by Crippen LogP contribution is 2.24. The van der Waals surface area contributed by atoms with Gasteiger partial charge in [0, 0.05) is 39.2 Å². The van der Waals surface area contributed by atoms with Gasteiger partial charge in [-0.25, -0.2) is 0 Å². The van der Waals surface area contributed by atoms with Gasteiger partial charge in [0.05, 0.1) is 12.0 Å². The Balaban J connectivity index is 1.47. The first-order chi connectivity index (χ1) is 16.1. The van der Waals surface area contributed by atoms with Gasteiger partial charge in [0.25, 0.3) is 0 Å². The maximum atomic E-state index is 13.4. The van der Waals surface area contributed by atoms with Crippen molar-refractivity contribution in [3.8, 4) is 11.1 Å². The van der Waals surface area contributed by atoms with Gasteiger partial charge in [-0.2, -0.15) is 0 Å². The third kappa shape index (κ3) is 6.23. The van der Waals surface area contributed by atoms with Gasteiger partial charge in [-0.05, 0) is 48.8 Å². The number of carbonyl (C=O) groups excluding carboxylic acids is 2. The van der Waals surface area contributed by atoms with Crippen LogP contribution in [-0.2, 0) is 20.7 Å². The fourth-order valence-electron chi connectivity index (χ4n) is 5.02. The van der Waals surface area contributed by atoms with E-state index in [4.69, 9.17) is 4.74 Å². The van der Waals surface area contributed by atoms with Gasteiger partial charge in [0.15, 0.2) is 0 Å². The molecular weight excluding hydrogens is 412 g/mol. The maximum Gasteiger partial charge on any atom is 0.227 e. The summed E-state index contributed by atoms with van der Waals surface area (Å²) < 4.78 is 5.70. The Morgan fingerprint density at radius 3 is 2.64 bits per heavy atom. The average Bonchev–Trinajstić information content (AvgIpc) is 3.32. The second-order valence-electron chi connectivity index (χ2n) is 9.31. The van der Waals surface area contributed by atoms with Crippen LogP contribution in [0.25, 0.3) is 11.1 Å². The monoisotopic (exact) mass is 448 g/mol. The van der Waals surface area contributed by atoms with Crippen LogP contribution in [0.1, 0.15) is 44.6 Å².